The molecule has 7 heteroatoms. The number of hydrogen-bond donors (Lipinski definition) is 1. The zero-order valence-electron chi connectivity index (χ0n) is 14.1. The van der Waals surface area contributed by atoms with Crippen molar-refractivity contribution in [2.24, 2.45) is 0 Å². The van der Waals surface area contributed by atoms with E-state index in [4.69, 9.17) is 14.2 Å². The molecule has 7 nitrogen and oxygen atoms in total. The molecule has 0 bridgehead atoms. The first-order valence-electron chi connectivity index (χ1n) is 7.98. The monoisotopic (exact) mass is 355 g/mol. The van der Waals surface area contributed by atoms with E-state index in [1.54, 1.807) is 12.1 Å². The van der Waals surface area contributed by atoms with Crippen LogP contribution in [0.2, 0.25) is 0 Å². The molecule has 0 unspecified atom stereocenters. The topological polar surface area (TPSA) is 90.9 Å². The molecule has 134 valence electrons. The Kier molecular flexibility index (Phi) is 5.17. The standard InChI is InChI=1S/C19H17NO6/c1-12(15-6-7-16-17(8-15)26-11-25-16)20-18(22)10-24-19(23)14-4-2-13(9-21)3-5-14/h2-9,12H,10-11H2,1H3,(H,20,22)/t12-/m0/s1. The number of rotatable bonds is 6. The summed E-state index contributed by atoms with van der Waals surface area (Å²) in [6, 6.07) is 11.1. The van der Waals surface area contributed by atoms with Gasteiger partial charge in [-0.1, -0.05) is 18.2 Å². The Bertz CT molecular complexity index is 830. The number of carbonyl (C=O) groups is 3. The van der Waals surface area contributed by atoms with Crippen molar-refractivity contribution in [1.82, 2.24) is 5.32 Å². The fraction of sp³-hybridized carbons (Fsp3) is 0.211. The normalized spacial score (nSPS) is 13.0. The van der Waals surface area contributed by atoms with E-state index in [9.17, 15) is 14.4 Å². The first-order valence-corrected chi connectivity index (χ1v) is 7.98. The molecule has 0 aliphatic carbocycles. The minimum absolute atomic E-state index is 0.184. The average molecular weight is 355 g/mol. The molecule has 26 heavy (non-hydrogen) atoms. The van der Waals surface area contributed by atoms with Gasteiger partial charge >= 0.3 is 5.97 Å². The Morgan fingerprint density at radius 1 is 1.15 bits per heavy atom. The molecule has 0 radical (unpaired) electrons. The fourth-order valence-electron chi connectivity index (χ4n) is 2.46. The molecule has 2 aromatic carbocycles. The lowest BCUT2D eigenvalue weighted by atomic mass is 10.1. The van der Waals surface area contributed by atoms with Crippen LogP contribution in [0, 0.1) is 0 Å². The van der Waals surface area contributed by atoms with E-state index in [0.29, 0.717) is 23.3 Å². The van der Waals surface area contributed by atoms with Gasteiger partial charge in [0.2, 0.25) is 6.79 Å². The molecule has 0 spiro atoms. The highest BCUT2D eigenvalue weighted by atomic mass is 16.7. The number of carbonyl (C=O) groups excluding carboxylic acids is 3. The van der Waals surface area contributed by atoms with Crippen LogP contribution in [0.4, 0.5) is 0 Å². The highest BCUT2D eigenvalue weighted by Crippen LogP contribution is 2.34. The van der Waals surface area contributed by atoms with Gasteiger partial charge < -0.3 is 19.5 Å². The highest BCUT2D eigenvalue weighted by molar-refractivity contribution is 5.92. The minimum Gasteiger partial charge on any atom is -0.454 e. The molecule has 0 saturated carbocycles. The molecule has 1 aliphatic heterocycles. The van der Waals surface area contributed by atoms with Gasteiger partial charge in [-0.05, 0) is 36.8 Å². The molecule has 0 fully saturated rings. The molecule has 1 amide bonds. The summed E-state index contributed by atoms with van der Waals surface area (Å²) in [4.78, 5) is 34.5. The van der Waals surface area contributed by atoms with E-state index in [-0.39, 0.29) is 18.4 Å². The van der Waals surface area contributed by atoms with Crippen LogP contribution >= 0.6 is 0 Å². The Morgan fingerprint density at radius 3 is 2.62 bits per heavy atom. The summed E-state index contributed by atoms with van der Waals surface area (Å²) < 4.78 is 15.6. The second-order valence-corrected chi connectivity index (χ2v) is 5.72. The summed E-state index contributed by atoms with van der Waals surface area (Å²) in [6.45, 7) is 1.60. The van der Waals surface area contributed by atoms with Crippen molar-refractivity contribution >= 4 is 18.2 Å². The summed E-state index contributed by atoms with van der Waals surface area (Å²) in [5, 5.41) is 2.75. The number of hydrogen-bond acceptors (Lipinski definition) is 6. The number of aldehydes is 1. The lowest BCUT2D eigenvalue weighted by Crippen LogP contribution is -2.31. The maximum absolute atomic E-state index is 12.0. The predicted molar refractivity (Wildman–Crippen MR) is 91.2 cm³/mol. The van der Waals surface area contributed by atoms with Gasteiger partial charge in [0.15, 0.2) is 18.1 Å². The van der Waals surface area contributed by atoms with E-state index in [1.807, 2.05) is 13.0 Å². The lowest BCUT2D eigenvalue weighted by molar-refractivity contribution is -0.124. The molecular weight excluding hydrogens is 338 g/mol. The molecule has 1 N–H and O–H groups in total. The predicted octanol–water partition coefficient (Wildman–Crippen LogP) is 2.26. The number of ether oxygens (including phenoxy) is 3. The third-order valence-electron chi connectivity index (χ3n) is 3.89. The van der Waals surface area contributed by atoms with Gasteiger partial charge in [-0.25, -0.2) is 4.79 Å². The van der Waals surface area contributed by atoms with Crippen molar-refractivity contribution in [3.8, 4) is 11.5 Å². The quantitative estimate of drug-likeness (QED) is 0.631. The van der Waals surface area contributed by atoms with Crippen LogP contribution in [0.25, 0.3) is 0 Å². The van der Waals surface area contributed by atoms with Crippen molar-refractivity contribution in [2.75, 3.05) is 13.4 Å². The van der Waals surface area contributed by atoms with Crippen LogP contribution in [-0.2, 0) is 9.53 Å². The Labute approximate surface area is 149 Å². The van der Waals surface area contributed by atoms with Crippen molar-refractivity contribution in [2.45, 2.75) is 13.0 Å². The number of fused-ring (bicyclic) bond motifs is 1. The third kappa shape index (κ3) is 4.00. The maximum atomic E-state index is 12.0. The van der Waals surface area contributed by atoms with E-state index in [2.05, 4.69) is 5.32 Å². The Balaban J connectivity index is 1.51. The fourth-order valence-corrected chi connectivity index (χ4v) is 2.46. The van der Waals surface area contributed by atoms with Crippen molar-refractivity contribution in [1.29, 1.82) is 0 Å². The summed E-state index contributed by atoms with van der Waals surface area (Å²) in [5.74, 6) is 0.247. The van der Waals surface area contributed by atoms with Crippen molar-refractivity contribution < 1.29 is 28.6 Å². The van der Waals surface area contributed by atoms with Crippen LogP contribution in [0.1, 0.15) is 39.2 Å². The minimum atomic E-state index is -0.631. The number of benzene rings is 2. The summed E-state index contributed by atoms with van der Waals surface area (Å²) >= 11 is 0. The lowest BCUT2D eigenvalue weighted by Gasteiger charge is -2.15. The molecule has 1 aliphatic rings. The molecule has 1 atom stereocenters. The van der Waals surface area contributed by atoms with Gasteiger partial charge in [-0.3, -0.25) is 9.59 Å². The zero-order chi connectivity index (χ0) is 18.5. The number of amides is 1. The smallest absolute Gasteiger partial charge is 0.338 e. The van der Waals surface area contributed by atoms with E-state index >= 15 is 0 Å². The van der Waals surface area contributed by atoms with Crippen molar-refractivity contribution in [3.05, 3.63) is 59.2 Å². The number of esters is 1. The first kappa shape index (κ1) is 17.5. The van der Waals surface area contributed by atoms with Gasteiger partial charge in [0.05, 0.1) is 11.6 Å². The van der Waals surface area contributed by atoms with Crippen LogP contribution in [0.3, 0.4) is 0 Å². The second kappa shape index (κ2) is 7.69. The van der Waals surface area contributed by atoms with E-state index in [1.165, 1.54) is 24.3 Å². The molecule has 3 rings (SSSR count). The molecule has 0 aromatic heterocycles. The average Bonchev–Trinajstić information content (AvgIpc) is 3.14. The van der Waals surface area contributed by atoms with E-state index in [0.717, 1.165) is 5.56 Å². The van der Waals surface area contributed by atoms with Crippen LogP contribution in [0.5, 0.6) is 11.5 Å². The van der Waals surface area contributed by atoms with Gasteiger partial charge in [-0.15, -0.1) is 0 Å². The van der Waals surface area contributed by atoms with Gasteiger partial charge in [-0.2, -0.15) is 0 Å². The van der Waals surface area contributed by atoms with Gasteiger partial charge in [0.25, 0.3) is 5.91 Å². The second-order valence-electron chi connectivity index (χ2n) is 5.72. The number of nitrogens with one attached hydrogen (secondary N) is 1. The Morgan fingerprint density at radius 2 is 1.88 bits per heavy atom. The van der Waals surface area contributed by atoms with Gasteiger partial charge in [0, 0.05) is 5.56 Å². The first-order chi connectivity index (χ1) is 12.6. The highest BCUT2D eigenvalue weighted by Gasteiger charge is 2.17. The Hall–Kier alpha value is -3.35. The summed E-state index contributed by atoms with van der Waals surface area (Å²) in [5.41, 5.74) is 1.57. The van der Waals surface area contributed by atoms with Crippen LogP contribution < -0.4 is 14.8 Å². The van der Waals surface area contributed by atoms with Gasteiger partial charge in [0.1, 0.15) is 6.29 Å². The van der Waals surface area contributed by atoms with Crippen LogP contribution in [-0.4, -0.2) is 31.6 Å². The SMILES string of the molecule is C[C@H](NC(=O)COC(=O)c1ccc(C=O)cc1)c1ccc2c(c1)OCO2. The maximum Gasteiger partial charge on any atom is 0.338 e. The summed E-state index contributed by atoms with van der Waals surface area (Å²) in [7, 11) is 0. The summed E-state index contributed by atoms with van der Waals surface area (Å²) in [6.07, 6.45) is 0.681. The zero-order valence-corrected chi connectivity index (χ0v) is 14.1. The molecular formula is C19H17NO6. The molecule has 2 aromatic rings. The van der Waals surface area contributed by atoms with Crippen molar-refractivity contribution in [3.63, 3.8) is 0 Å². The third-order valence-corrected chi connectivity index (χ3v) is 3.89. The molecule has 0 saturated heterocycles. The van der Waals surface area contributed by atoms with Crippen LogP contribution in [0.15, 0.2) is 42.5 Å². The van der Waals surface area contributed by atoms with E-state index < -0.39 is 18.5 Å². The largest absolute Gasteiger partial charge is 0.454 e. The molecule has 1 heterocycles.